The van der Waals surface area contributed by atoms with Crippen molar-refractivity contribution >= 4 is 11.9 Å². The number of nitrogens with zero attached hydrogens (tertiary/aromatic N) is 5. The molecule has 0 radical (unpaired) electrons. The van der Waals surface area contributed by atoms with Crippen LogP contribution < -0.4 is 4.90 Å². The summed E-state index contributed by atoms with van der Waals surface area (Å²) < 4.78 is 2.06. The molecule has 6 heteroatoms. The van der Waals surface area contributed by atoms with Gasteiger partial charge in [-0.3, -0.25) is 9.69 Å². The van der Waals surface area contributed by atoms with Gasteiger partial charge >= 0.3 is 0 Å². The second-order valence-corrected chi connectivity index (χ2v) is 8.12. The van der Waals surface area contributed by atoms with Crippen LogP contribution in [-0.2, 0) is 18.3 Å². The van der Waals surface area contributed by atoms with Gasteiger partial charge in [0.15, 0.2) is 0 Å². The zero-order valence-electron chi connectivity index (χ0n) is 16.8. The Morgan fingerprint density at radius 1 is 1.04 bits per heavy atom. The van der Waals surface area contributed by atoms with Crippen LogP contribution in [0.5, 0.6) is 0 Å². The van der Waals surface area contributed by atoms with Gasteiger partial charge in [0.05, 0.1) is 6.54 Å². The van der Waals surface area contributed by atoms with Crippen LogP contribution in [-0.4, -0.2) is 71.1 Å². The first-order chi connectivity index (χ1) is 13.7. The fraction of sp³-hybridized carbons (Fsp3) is 0.545. The summed E-state index contributed by atoms with van der Waals surface area (Å²) >= 11 is 0. The number of likely N-dealkylation sites (tertiary alicyclic amines) is 1. The number of piperazine rings is 1. The molecule has 1 aromatic carbocycles. The van der Waals surface area contributed by atoms with Crippen LogP contribution in [0, 0.1) is 5.92 Å². The lowest BCUT2D eigenvalue weighted by Gasteiger charge is -2.37. The van der Waals surface area contributed by atoms with E-state index in [1.165, 1.54) is 5.56 Å². The van der Waals surface area contributed by atoms with Crippen LogP contribution in [0.3, 0.4) is 0 Å². The maximum absolute atomic E-state index is 12.7. The lowest BCUT2D eigenvalue weighted by molar-refractivity contribution is -0.133. The van der Waals surface area contributed by atoms with Gasteiger partial charge in [-0.25, -0.2) is 4.98 Å². The number of carbonyl (C=O) groups excluding carboxylic acids is 1. The lowest BCUT2D eigenvalue weighted by Crippen LogP contribution is -2.51. The summed E-state index contributed by atoms with van der Waals surface area (Å²) in [6.07, 6.45) is 7.19. The van der Waals surface area contributed by atoms with Crippen molar-refractivity contribution < 1.29 is 4.79 Å². The third kappa shape index (κ3) is 4.55. The number of anilines is 1. The molecule has 4 rings (SSSR count). The van der Waals surface area contributed by atoms with E-state index >= 15 is 0 Å². The molecule has 28 heavy (non-hydrogen) atoms. The van der Waals surface area contributed by atoms with Crippen LogP contribution in [0.15, 0.2) is 42.7 Å². The van der Waals surface area contributed by atoms with Gasteiger partial charge in [-0.05, 0) is 30.7 Å². The Kier molecular flexibility index (Phi) is 5.95. The van der Waals surface area contributed by atoms with E-state index in [0.717, 1.165) is 64.5 Å². The number of hydrogen-bond acceptors (Lipinski definition) is 4. The second kappa shape index (κ2) is 8.78. The zero-order valence-corrected chi connectivity index (χ0v) is 16.8. The highest BCUT2D eigenvalue weighted by Gasteiger charge is 2.26. The summed E-state index contributed by atoms with van der Waals surface area (Å²) in [7, 11) is 2.03. The zero-order chi connectivity index (χ0) is 19.3. The Labute approximate surface area is 167 Å². The highest BCUT2D eigenvalue weighted by Crippen LogP contribution is 2.22. The third-order valence-corrected chi connectivity index (χ3v) is 6.14. The molecule has 2 saturated heterocycles. The van der Waals surface area contributed by atoms with Crippen LogP contribution in [0.25, 0.3) is 0 Å². The number of benzene rings is 1. The second-order valence-electron chi connectivity index (χ2n) is 8.12. The first kappa shape index (κ1) is 19.0. The van der Waals surface area contributed by atoms with Crippen LogP contribution in [0.4, 0.5) is 5.95 Å². The van der Waals surface area contributed by atoms with E-state index in [-0.39, 0.29) is 0 Å². The van der Waals surface area contributed by atoms with Gasteiger partial charge < -0.3 is 14.4 Å². The van der Waals surface area contributed by atoms with Crippen LogP contribution >= 0.6 is 0 Å². The van der Waals surface area contributed by atoms with Gasteiger partial charge in [0.2, 0.25) is 11.9 Å². The van der Waals surface area contributed by atoms with Gasteiger partial charge in [0, 0.05) is 58.7 Å². The minimum atomic E-state index is 0.295. The number of piperidine rings is 1. The summed E-state index contributed by atoms with van der Waals surface area (Å²) in [5.41, 5.74) is 1.41. The monoisotopic (exact) mass is 381 g/mol. The summed E-state index contributed by atoms with van der Waals surface area (Å²) in [5, 5.41) is 0. The molecule has 1 aromatic heterocycles. The van der Waals surface area contributed by atoms with Crippen LogP contribution in [0.2, 0.25) is 0 Å². The number of carbonyl (C=O) groups is 1. The van der Waals surface area contributed by atoms with E-state index in [2.05, 4.69) is 54.6 Å². The van der Waals surface area contributed by atoms with Crippen molar-refractivity contribution in [1.29, 1.82) is 0 Å². The van der Waals surface area contributed by atoms with Crippen molar-refractivity contribution in [1.82, 2.24) is 19.4 Å². The summed E-state index contributed by atoms with van der Waals surface area (Å²) in [4.78, 5) is 23.8. The maximum atomic E-state index is 12.7. The van der Waals surface area contributed by atoms with Crippen molar-refractivity contribution in [2.24, 2.45) is 13.0 Å². The standard InChI is InChI=1S/C22H31N5O/c1-24-12-9-23-22(24)27-15-13-25(14-16-27)18-21(28)26-10-7-20(8-11-26)17-19-5-3-2-4-6-19/h2-6,9,12,20H,7-8,10-11,13-18H2,1H3. The van der Waals surface area contributed by atoms with Gasteiger partial charge in [0.25, 0.3) is 0 Å². The molecule has 1 amide bonds. The minimum Gasteiger partial charge on any atom is -0.342 e. The molecule has 2 aliphatic rings. The first-order valence-electron chi connectivity index (χ1n) is 10.5. The number of imidazole rings is 1. The molecule has 0 atom stereocenters. The largest absolute Gasteiger partial charge is 0.342 e. The number of aryl methyl sites for hydroxylation is 1. The van der Waals surface area contributed by atoms with Crippen molar-refractivity contribution in [2.75, 3.05) is 50.7 Å². The molecule has 0 spiro atoms. The minimum absolute atomic E-state index is 0.295. The predicted molar refractivity (Wildman–Crippen MR) is 111 cm³/mol. The molecule has 6 nitrogen and oxygen atoms in total. The lowest BCUT2D eigenvalue weighted by atomic mass is 9.90. The Morgan fingerprint density at radius 3 is 2.39 bits per heavy atom. The fourth-order valence-electron chi connectivity index (χ4n) is 4.39. The van der Waals surface area contributed by atoms with Crippen molar-refractivity contribution in [2.45, 2.75) is 19.3 Å². The highest BCUT2D eigenvalue weighted by molar-refractivity contribution is 5.78. The van der Waals surface area contributed by atoms with E-state index < -0.39 is 0 Å². The molecule has 0 aliphatic carbocycles. The molecular weight excluding hydrogens is 350 g/mol. The van der Waals surface area contributed by atoms with Crippen molar-refractivity contribution in [3.8, 4) is 0 Å². The Hall–Kier alpha value is -2.34. The molecule has 2 aromatic rings. The van der Waals surface area contributed by atoms with E-state index in [0.29, 0.717) is 18.4 Å². The molecule has 2 fully saturated rings. The Morgan fingerprint density at radius 2 is 1.75 bits per heavy atom. The van der Waals surface area contributed by atoms with E-state index in [9.17, 15) is 4.79 Å². The van der Waals surface area contributed by atoms with Gasteiger partial charge in [0.1, 0.15) is 0 Å². The fourth-order valence-corrected chi connectivity index (χ4v) is 4.39. The third-order valence-electron chi connectivity index (χ3n) is 6.14. The normalized spacial score (nSPS) is 19.2. The Balaban J connectivity index is 1.19. The van der Waals surface area contributed by atoms with Crippen molar-refractivity contribution in [3.63, 3.8) is 0 Å². The topological polar surface area (TPSA) is 44.6 Å². The van der Waals surface area contributed by atoms with E-state index in [1.54, 1.807) is 0 Å². The number of amides is 1. The highest BCUT2D eigenvalue weighted by atomic mass is 16.2. The maximum Gasteiger partial charge on any atom is 0.236 e. The quantitative estimate of drug-likeness (QED) is 0.795. The van der Waals surface area contributed by atoms with E-state index in [4.69, 9.17) is 0 Å². The summed E-state index contributed by atoms with van der Waals surface area (Å²) in [6, 6.07) is 10.7. The molecule has 150 valence electrons. The summed E-state index contributed by atoms with van der Waals surface area (Å²) in [6.45, 7) is 6.06. The van der Waals surface area contributed by atoms with Crippen molar-refractivity contribution in [3.05, 3.63) is 48.3 Å². The van der Waals surface area contributed by atoms with E-state index in [1.807, 2.05) is 19.4 Å². The Bertz CT molecular complexity index is 758. The smallest absolute Gasteiger partial charge is 0.236 e. The number of rotatable bonds is 5. The average Bonchev–Trinajstić information content (AvgIpc) is 3.16. The van der Waals surface area contributed by atoms with Gasteiger partial charge in [-0.2, -0.15) is 0 Å². The SMILES string of the molecule is Cn1ccnc1N1CCN(CC(=O)N2CCC(Cc3ccccc3)CC2)CC1. The van der Waals surface area contributed by atoms with Gasteiger partial charge in [-0.1, -0.05) is 30.3 Å². The molecule has 0 bridgehead atoms. The molecule has 0 unspecified atom stereocenters. The molecule has 3 heterocycles. The molecule has 2 aliphatic heterocycles. The number of hydrogen-bond donors (Lipinski definition) is 0. The predicted octanol–water partition coefficient (Wildman–Crippen LogP) is 2.02. The number of aromatic nitrogens is 2. The summed E-state index contributed by atoms with van der Waals surface area (Å²) in [5.74, 6) is 2.02. The first-order valence-corrected chi connectivity index (χ1v) is 10.5. The molecular formula is C22H31N5O. The van der Waals surface area contributed by atoms with Gasteiger partial charge in [-0.15, -0.1) is 0 Å². The molecule has 0 saturated carbocycles. The molecule has 0 N–H and O–H groups in total. The average molecular weight is 382 g/mol. The van der Waals surface area contributed by atoms with Crippen LogP contribution in [0.1, 0.15) is 18.4 Å².